The zero-order chi connectivity index (χ0) is 16.2. The minimum Gasteiger partial charge on any atom is -0.456 e. The first-order valence-corrected chi connectivity index (χ1v) is 6.56. The van der Waals surface area contributed by atoms with Crippen LogP contribution in [0.2, 0.25) is 0 Å². The Morgan fingerprint density at radius 1 is 1.00 bits per heavy atom. The summed E-state index contributed by atoms with van der Waals surface area (Å²) in [7, 11) is 1.39. The second-order valence-electron chi connectivity index (χ2n) is 4.82. The molecule has 1 fully saturated rings. The molecule has 1 aliphatic rings. The number of hydrogen-bond donors (Lipinski definition) is 1. The second kappa shape index (κ2) is 7.37. The molecule has 120 valence electrons. The Labute approximate surface area is 123 Å². The van der Waals surface area contributed by atoms with Gasteiger partial charge in [-0.3, -0.25) is 14.4 Å². The van der Waals surface area contributed by atoms with Crippen LogP contribution >= 0.6 is 0 Å². The highest BCUT2D eigenvalue weighted by Crippen LogP contribution is 2.26. The molecule has 0 aromatic rings. The smallest absolute Gasteiger partial charge is 0.303 e. The Morgan fingerprint density at radius 2 is 1.52 bits per heavy atom. The molecular formula is C13H21NO7. The summed E-state index contributed by atoms with van der Waals surface area (Å²) in [4.78, 5) is 33.9. The second-order valence-corrected chi connectivity index (χ2v) is 4.82. The number of rotatable bonds is 4. The van der Waals surface area contributed by atoms with Gasteiger partial charge in [0.25, 0.3) is 0 Å². The zero-order valence-corrected chi connectivity index (χ0v) is 12.7. The summed E-state index contributed by atoms with van der Waals surface area (Å²) in [5.41, 5.74) is 0. The van der Waals surface area contributed by atoms with E-state index in [-0.39, 0.29) is 5.91 Å². The molecule has 0 bridgehead atoms. The van der Waals surface area contributed by atoms with Gasteiger partial charge in [0.1, 0.15) is 0 Å². The Kier molecular flexibility index (Phi) is 6.10. The van der Waals surface area contributed by atoms with Gasteiger partial charge in [0, 0.05) is 27.9 Å². The average molecular weight is 303 g/mol. The third-order valence-electron chi connectivity index (χ3n) is 3.01. The number of amides is 1. The molecule has 0 spiro atoms. The normalized spacial score (nSPS) is 32.1. The van der Waals surface area contributed by atoms with Crippen molar-refractivity contribution >= 4 is 17.8 Å². The lowest BCUT2D eigenvalue weighted by atomic mass is 9.96. The first-order chi connectivity index (χ1) is 9.76. The van der Waals surface area contributed by atoms with E-state index in [2.05, 4.69) is 5.32 Å². The van der Waals surface area contributed by atoms with Crippen molar-refractivity contribution in [1.29, 1.82) is 0 Å². The van der Waals surface area contributed by atoms with Crippen molar-refractivity contribution < 1.29 is 33.3 Å². The van der Waals surface area contributed by atoms with E-state index in [9.17, 15) is 14.4 Å². The third-order valence-corrected chi connectivity index (χ3v) is 3.01. The van der Waals surface area contributed by atoms with Gasteiger partial charge in [-0.25, -0.2) is 0 Å². The summed E-state index contributed by atoms with van der Waals surface area (Å²) in [5, 5.41) is 2.65. The van der Waals surface area contributed by atoms with Crippen molar-refractivity contribution in [1.82, 2.24) is 5.32 Å². The number of carbonyl (C=O) groups excluding carboxylic acids is 3. The van der Waals surface area contributed by atoms with E-state index in [0.717, 1.165) is 0 Å². The van der Waals surface area contributed by atoms with Crippen LogP contribution in [0.1, 0.15) is 27.7 Å². The van der Waals surface area contributed by atoms with Crippen molar-refractivity contribution in [2.75, 3.05) is 7.11 Å². The van der Waals surface area contributed by atoms with Crippen molar-refractivity contribution in [3.63, 3.8) is 0 Å². The van der Waals surface area contributed by atoms with Crippen molar-refractivity contribution in [3.05, 3.63) is 0 Å². The van der Waals surface area contributed by atoms with Crippen molar-refractivity contribution in [2.24, 2.45) is 0 Å². The van der Waals surface area contributed by atoms with E-state index in [1.807, 2.05) is 0 Å². The molecule has 0 aromatic heterocycles. The van der Waals surface area contributed by atoms with Crippen LogP contribution in [0, 0.1) is 0 Å². The van der Waals surface area contributed by atoms with Gasteiger partial charge in [0.15, 0.2) is 18.5 Å². The molecule has 0 saturated carbocycles. The van der Waals surface area contributed by atoms with Crippen LogP contribution in [0.15, 0.2) is 0 Å². The minimum atomic E-state index is -0.968. The SMILES string of the molecule is COC1OC(C)C(NC(C)=O)C(OC(C)=O)C1OC(C)=O. The fourth-order valence-corrected chi connectivity index (χ4v) is 2.27. The average Bonchev–Trinajstić information content (AvgIpc) is 2.35. The van der Waals surface area contributed by atoms with Crippen LogP contribution in [0.25, 0.3) is 0 Å². The van der Waals surface area contributed by atoms with Gasteiger partial charge >= 0.3 is 11.9 Å². The van der Waals surface area contributed by atoms with Gasteiger partial charge < -0.3 is 24.3 Å². The van der Waals surface area contributed by atoms with E-state index in [4.69, 9.17) is 18.9 Å². The highest BCUT2D eigenvalue weighted by atomic mass is 16.7. The molecule has 1 rings (SSSR count). The van der Waals surface area contributed by atoms with Crippen LogP contribution in [0.4, 0.5) is 0 Å². The summed E-state index contributed by atoms with van der Waals surface area (Å²) in [6.45, 7) is 5.49. The van der Waals surface area contributed by atoms with Crippen molar-refractivity contribution in [2.45, 2.75) is 58.3 Å². The lowest BCUT2D eigenvalue weighted by molar-refractivity contribution is -0.272. The number of esters is 2. The Bertz CT molecular complexity index is 411. The molecule has 5 atom stereocenters. The first-order valence-electron chi connectivity index (χ1n) is 6.56. The number of carbonyl (C=O) groups is 3. The molecule has 0 radical (unpaired) electrons. The van der Waals surface area contributed by atoms with Gasteiger partial charge in [-0.15, -0.1) is 0 Å². The fraction of sp³-hybridized carbons (Fsp3) is 0.769. The minimum absolute atomic E-state index is 0.315. The van der Waals surface area contributed by atoms with E-state index in [1.54, 1.807) is 6.92 Å². The van der Waals surface area contributed by atoms with Crippen LogP contribution in [0.5, 0.6) is 0 Å². The Hall–Kier alpha value is -1.67. The van der Waals surface area contributed by atoms with E-state index in [1.165, 1.54) is 27.9 Å². The van der Waals surface area contributed by atoms with Gasteiger partial charge in [-0.1, -0.05) is 0 Å². The number of methoxy groups -OCH3 is 1. The summed E-state index contributed by atoms with van der Waals surface area (Å²) in [6, 6.07) is -0.651. The van der Waals surface area contributed by atoms with Crippen LogP contribution < -0.4 is 5.32 Å². The van der Waals surface area contributed by atoms with Gasteiger partial charge in [0.05, 0.1) is 12.1 Å². The molecule has 5 unspecified atom stereocenters. The lowest BCUT2D eigenvalue weighted by Gasteiger charge is -2.43. The topological polar surface area (TPSA) is 100 Å². The molecule has 1 amide bonds. The molecule has 0 aliphatic carbocycles. The molecule has 0 aromatic carbocycles. The highest BCUT2D eigenvalue weighted by Gasteiger charge is 2.49. The maximum atomic E-state index is 11.3. The number of nitrogens with one attached hydrogen (secondary N) is 1. The predicted octanol–water partition coefficient (Wildman–Crippen LogP) is -0.254. The summed E-state index contributed by atoms with van der Waals surface area (Å²) in [5.74, 6) is -1.44. The third kappa shape index (κ3) is 4.68. The largest absolute Gasteiger partial charge is 0.456 e. The van der Waals surface area contributed by atoms with E-state index >= 15 is 0 Å². The maximum absolute atomic E-state index is 11.3. The Morgan fingerprint density at radius 3 is 1.95 bits per heavy atom. The fourth-order valence-electron chi connectivity index (χ4n) is 2.27. The van der Waals surface area contributed by atoms with Gasteiger partial charge in [-0.2, -0.15) is 0 Å². The van der Waals surface area contributed by atoms with Crippen molar-refractivity contribution in [3.8, 4) is 0 Å². The molecule has 1 N–H and O–H groups in total. The molecular weight excluding hydrogens is 282 g/mol. The summed E-state index contributed by atoms with van der Waals surface area (Å²) >= 11 is 0. The molecule has 1 saturated heterocycles. The van der Waals surface area contributed by atoms with E-state index in [0.29, 0.717) is 0 Å². The zero-order valence-electron chi connectivity index (χ0n) is 12.7. The molecule has 1 aliphatic heterocycles. The Balaban J connectivity index is 3.08. The molecule has 8 nitrogen and oxygen atoms in total. The standard InChI is InChI=1S/C13H21NO7/c1-6-10(14-7(2)15)11(20-8(3)16)12(21-9(4)17)13(18-5)19-6/h6,10-13H,1-5H3,(H,14,15). The maximum Gasteiger partial charge on any atom is 0.303 e. The first kappa shape index (κ1) is 17.4. The quantitative estimate of drug-likeness (QED) is 0.714. The monoisotopic (exact) mass is 303 g/mol. The molecule has 8 heteroatoms. The summed E-state index contributed by atoms with van der Waals surface area (Å²) in [6.07, 6.45) is -3.25. The summed E-state index contributed by atoms with van der Waals surface area (Å²) < 4.78 is 21.1. The van der Waals surface area contributed by atoms with Crippen LogP contribution in [-0.4, -0.2) is 55.6 Å². The van der Waals surface area contributed by atoms with Gasteiger partial charge in [0.2, 0.25) is 5.91 Å². The lowest BCUT2D eigenvalue weighted by Crippen LogP contribution is -2.64. The van der Waals surface area contributed by atoms with Crippen LogP contribution in [0.3, 0.4) is 0 Å². The molecule has 1 heterocycles. The molecule has 21 heavy (non-hydrogen) atoms. The van der Waals surface area contributed by atoms with E-state index < -0.39 is 42.6 Å². The highest BCUT2D eigenvalue weighted by molar-refractivity contribution is 5.73. The number of ether oxygens (including phenoxy) is 4. The predicted molar refractivity (Wildman–Crippen MR) is 70.1 cm³/mol. The number of hydrogen-bond acceptors (Lipinski definition) is 7. The van der Waals surface area contributed by atoms with Crippen LogP contribution in [-0.2, 0) is 33.3 Å². The van der Waals surface area contributed by atoms with Gasteiger partial charge in [-0.05, 0) is 6.92 Å².